The van der Waals surface area contributed by atoms with Crippen LogP contribution in [0.5, 0.6) is 0 Å². The van der Waals surface area contributed by atoms with Gasteiger partial charge in [0.25, 0.3) is 0 Å². The summed E-state index contributed by atoms with van der Waals surface area (Å²) in [7, 11) is 0. The first-order chi connectivity index (χ1) is 9.02. The number of thioether (sulfide) groups is 1. The lowest BCUT2D eigenvalue weighted by Gasteiger charge is -2.29. The Morgan fingerprint density at radius 3 is 2.74 bits per heavy atom. The van der Waals surface area contributed by atoms with Crippen LogP contribution in [0.2, 0.25) is 0 Å². The van der Waals surface area contributed by atoms with E-state index >= 15 is 0 Å². The van der Waals surface area contributed by atoms with Gasteiger partial charge in [-0.05, 0) is 45.3 Å². The molecule has 1 saturated carbocycles. The van der Waals surface area contributed by atoms with Crippen molar-refractivity contribution in [2.75, 3.05) is 6.26 Å². The van der Waals surface area contributed by atoms with Crippen molar-refractivity contribution in [2.24, 2.45) is 11.7 Å². The number of hydrogen-bond donors (Lipinski definition) is 2. The number of carbonyl (C=O) groups is 1. The summed E-state index contributed by atoms with van der Waals surface area (Å²) in [5, 5.41) is 3.97. The highest BCUT2D eigenvalue weighted by atomic mass is 32.2. The maximum absolute atomic E-state index is 12.1. The van der Waals surface area contributed by atoms with Gasteiger partial charge in [-0.15, -0.1) is 0 Å². The molecule has 3 N–H and O–H groups in total. The van der Waals surface area contributed by atoms with Crippen molar-refractivity contribution in [3.63, 3.8) is 0 Å². The Hall–Kier alpha value is -0.220. The predicted molar refractivity (Wildman–Crippen MR) is 84.4 cm³/mol. The molecule has 19 heavy (non-hydrogen) atoms. The van der Waals surface area contributed by atoms with Crippen LogP contribution in [-0.2, 0) is 4.79 Å². The van der Waals surface area contributed by atoms with Gasteiger partial charge in [-0.25, -0.2) is 0 Å². The first kappa shape index (κ1) is 16.8. The van der Waals surface area contributed by atoms with Crippen molar-refractivity contribution in [2.45, 2.75) is 76.1 Å². The second-order valence-corrected chi connectivity index (χ2v) is 7.18. The molecular formula is C15H30N2OS. The molecule has 1 fully saturated rings. The van der Waals surface area contributed by atoms with Gasteiger partial charge in [-0.2, -0.15) is 11.8 Å². The van der Waals surface area contributed by atoms with Gasteiger partial charge >= 0.3 is 0 Å². The van der Waals surface area contributed by atoms with Crippen LogP contribution in [0.1, 0.15) is 58.8 Å². The highest BCUT2D eigenvalue weighted by Gasteiger charge is 2.24. The van der Waals surface area contributed by atoms with Crippen LogP contribution in [0.4, 0.5) is 0 Å². The SMILES string of the molecule is CSC1CCCC(NC(=O)C(C)CCCC(C)N)C1. The quantitative estimate of drug-likeness (QED) is 0.756. The van der Waals surface area contributed by atoms with E-state index in [1.807, 2.05) is 25.6 Å². The van der Waals surface area contributed by atoms with Crippen LogP contribution in [-0.4, -0.2) is 29.5 Å². The molecule has 0 heterocycles. The lowest BCUT2D eigenvalue weighted by atomic mass is 9.94. The summed E-state index contributed by atoms with van der Waals surface area (Å²) in [6, 6.07) is 0.644. The first-order valence-electron chi connectivity index (χ1n) is 7.61. The minimum absolute atomic E-state index is 0.119. The summed E-state index contributed by atoms with van der Waals surface area (Å²) in [5.41, 5.74) is 5.73. The largest absolute Gasteiger partial charge is 0.353 e. The molecule has 3 nitrogen and oxygen atoms in total. The third-order valence-electron chi connectivity index (χ3n) is 4.05. The molecule has 1 aliphatic carbocycles. The van der Waals surface area contributed by atoms with E-state index in [-0.39, 0.29) is 17.9 Å². The molecule has 4 heteroatoms. The van der Waals surface area contributed by atoms with Gasteiger partial charge in [0.15, 0.2) is 0 Å². The number of rotatable bonds is 7. The Labute approximate surface area is 122 Å². The van der Waals surface area contributed by atoms with E-state index in [0.717, 1.165) is 37.4 Å². The van der Waals surface area contributed by atoms with E-state index in [4.69, 9.17) is 5.73 Å². The van der Waals surface area contributed by atoms with Crippen molar-refractivity contribution in [1.29, 1.82) is 0 Å². The zero-order chi connectivity index (χ0) is 14.3. The molecule has 4 atom stereocenters. The summed E-state index contributed by atoms with van der Waals surface area (Å²) in [6.07, 6.45) is 10.0. The molecule has 4 unspecified atom stereocenters. The second kappa shape index (κ2) is 8.85. The van der Waals surface area contributed by atoms with Crippen molar-refractivity contribution in [1.82, 2.24) is 5.32 Å². The zero-order valence-electron chi connectivity index (χ0n) is 12.7. The monoisotopic (exact) mass is 286 g/mol. The molecule has 0 aromatic carbocycles. The summed E-state index contributed by atoms with van der Waals surface area (Å²) >= 11 is 1.94. The van der Waals surface area contributed by atoms with Crippen LogP contribution >= 0.6 is 11.8 Å². The number of nitrogens with one attached hydrogen (secondary N) is 1. The smallest absolute Gasteiger partial charge is 0.223 e. The Morgan fingerprint density at radius 2 is 2.11 bits per heavy atom. The molecule has 112 valence electrons. The van der Waals surface area contributed by atoms with Gasteiger partial charge in [0, 0.05) is 23.3 Å². The summed E-state index contributed by atoms with van der Waals surface area (Å²) in [4.78, 5) is 12.1. The third kappa shape index (κ3) is 6.66. The molecule has 1 aliphatic rings. The van der Waals surface area contributed by atoms with Gasteiger partial charge < -0.3 is 11.1 Å². The molecule has 0 aromatic rings. The summed E-state index contributed by atoms with van der Waals surface area (Å²) in [6.45, 7) is 4.06. The molecule has 0 bridgehead atoms. The maximum Gasteiger partial charge on any atom is 0.223 e. The van der Waals surface area contributed by atoms with Gasteiger partial charge in [-0.1, -0.05) is 19.8 Å². The molecule has 1 rings (SSSR count). The average Bonchev–Trinajstić information content (AvgIpc) is 2.38. The minimum Gasteiger partial charge on any atom is -0.353 e. The van der Waals surface area contributed by atoms with Crippen molar-refractivity contribution in [3.05, 3.63) is 0 Å². The van der Waals surface area contributed by atoms with Crippen molar-refractivity contribution < 1.29 is 4.79 Å². The Kier molecular flexibility index (Phi) is 7.84. The van der Waals surface area contributed by atoms with E-state index < -0.39 is 0 Å². The van der Waals surface area contributed by atoms with E-state index in [9.17, 15) is 4.79 Å². The zero-order valence-corrected chi connectivity index (χ0v) is 13.5. The van der Waals surface area contributed by atoms with Crippen LogP contribution in [0, 0.1) is 5.92 Å². The molecular weight excluding hydrogens is 256 g/mol. The van der Waals surface area contributed by atoms with Gasteiger partial charge in [0.1, 0.15) is 0 Å². The standard InChI is InChI=1S/C15H30N2OS/c1-11(6-4-7-12(2)16)15(18)17-13-8-5-9-14(10-13)19-3/h11-14H,4-10,16H2,1-3H3,(H,17,18). The van der Waals surface area contributed by atoms with E-state index in [1.165, 1.54) is 12.8 Å². The lowest BCUT2D eigenvalue weighted by Crippen LogP contribution is -2.41. The highest BCUT2D eigenvalue weighted by Crippen LogP contribution is 2.27. The number of hydrogen-bond acceptors (Lipinski definition) is 3. The normalized spacial score (nSPS) is 26.7. The lowest BCUT2D eigenvalue weighted by molar-refractivity contribution is -0.125. The summed E-state index contributed by atoms with van der Waals surface area (Å²) < 4.78 is 0. The number of nitrogens with two attached hydrogens (primary N) is 1. The number of amides is 1. The van der Waals surface area contributed by atoms with Gasteiger partial charge in [0.05, 0.1) is 0 Å². The molecule has 0 aliphatic heterocycles. The van der Waals surface area contributed by atoms with Gasteiger partial charge in [-0.3, -0.25) is 4.79 Å². The highest BCUT2D eigenvalue weighted by molar-refractivity contribution is 7.99. The molecule has 0 spiro atoms. The fourth-order valence-corrected chi connectivity index (χ4v) is 3.54. The first-order valence-corrected chi connectivity index (χ1v) is 8.90. The summed E-state index contributed by atoms with van der Waals surface area (Å²) in [5.74, 6) is 0.352. The van der Waals surface area contributed by atoms with E-state index in [1.54, 1.807) is 0 Å². The van der Waals surface area contributed by atoms with Crippen LogP contribution < -0.4 is 11.1 Å². The van der Waals surface area contributed by atoms with Crippen molar-refractivity contribution in [3.8, 4) is 0 Å². The fourth-order valence-electron chi connectivity index (χ4n) is 2.71. The van der Waals surface area contributed by atoms with E-state index in [0.29, 0.717) is 6.04 Å². The maximum atomic E-state index is 12.1. The molecule has 0 saturated heterocycles. The predicted octanol–water partition coefficient (Wildman–Crippen LogP) is 2.93. The average molecular weight is 286 g/mol. The Morgan fingerprint density at radius 1 is 1.37 bits per heavy atom. The fraction of sp³-hybridized carbons (Fsp3) is 0.933. The van der Waals surface area contributed by atoms with Gasteiger partial charge in [0.2, 0.25) is 5.91 Å². The van der Waals surface area contributed by atoms with Crippen LogP contribution in [0.15, 0.2) is 0 Å². The van der Waals surface area contributed by atoms with Crippen LogP contribution in [0.3, 0.4) is 0 Å². The molecule has 0 radical (unpaired) electrons. The van der Waals surface area contributed by atoms with Crippen molar-refractivity contribution >= 4 is 17.7 Å². The molecule has 1 amide bonds. The minimum atomic E-state index is 0.119. The topological polar surface area (TPSA) is 55.1 Å². The Balaban J connectivity index is 2.25. The third-order valence-corrected chi connectivity index (χ3v) is 5.14. The molecule has 0 aromatic heterocycles. The number of carbonyl (C=O) groups excluding carboxylic acids is 1. The second-order valence-electron chi connectivity index (χ2n) is 6.04. The Bertz CT molecular complexity index is 271. The van der Waals surface area contributed by atoms with Crippen LogP contribution in [0.25, 0.3) is 0 Å². The van der Waals surface area contributed by atoms with E-state index in [2.05, 4.69) is 11.6 Å².